The van der Waals surface area contributed by atoms with E-state index >= 15 is 0 Å². The molecule has 0 aliphatic carbocycles. The van der Waals surface area contributed by atoms with Gasteiger partial charge in [-0.25, -0.2) is 5.43 Å². The third-order valence-corrected chi connectivity index (χ3v) is 4.74. The molecule has 0 aromatic heterocycles. The molecule has 0 spiro atoms. The summed E-state index contributed by atoms with van der Waals surface area (Å²) in [5, 5.41) is 5.48. The first-order valence-electron chi connectivity index (χ1n) is 7.82. The van der Waals surface area contributed by atoms with Gasteiger partial charge in [0.1, 0.15) is 5.60 Å². The summed E-state index contributed by atoms with van der Waals surface area (Å²) in [4.78, 5) is 5.86. The van der Waals surface area contributed by atoms with Crippen LogP contribution >= 0.6 is 15.9 Å². The molecule has 7 heteroatoms. The summed E-state index contributed by atoms with van der Waals surface area (Å²) in [5.41, 5.74) is 2.44. The lowest BCUT2D eigenvalue weighted by atomic mass is 9.85. The Balaban J connectivity index is 1.84. The Kier molecular flexibility index (Phi) is 4.68. The molecule has 6 nitrogen and oxygen atoms in total. The summed E-state index contributed by atoms with van der Waals surface area (Å²) in [5.74, 6) is 2.38. The van der Waals surface area contributed by atoms with Crippen LogP contribution in [0.4, 0.5) is 0 Å². The second kappa shape index (κ2) is 6.57. The highest BCUT2D eigenvalue weighted by atomic mass is 79.9. The molecule has 2 heterocycles. The fourth-order valence-corrected chi connectivity index (χ4v) is 3.00. The van der Waals surface area contributed by atoms with Gasteiger partial charge in [-0.1, -0.05) is 29.8 Å². The largest absolute Gasteiger partial charge is 0.481 e. The summed E-state index contributed by atoms with van der Waals surface area (Å²) in [6, 6.07) is 5.77. The van der Waals surface area contributed by atoms with E-state index < -0.39 is 0 Å². The summed E-state index contributed by atoms with van der Waals surface area (Å²) >= 11 is 3.48. The highest BCUT2D eigenvalue weighted by Gasteiger charge is 2.39. The minimum Gasteiger partial charge on any atom is -0.481 e. The van der Waals surface area contributed by atoms with Crippen molar-refractivity contribution in [3.05, 3.63) is 22.7 Å². The Morgan fingerprint density at radius 3 is 2.78 bits per heavy atom. The van der Waals surface area contributed by atoms with Crippen molar-refractivity contribution < 1.29 is 14.3 Å². The van der Waals surface area contributed by atoms with Crippen LogP contribution in [0, 0.1) is 5.92 Å². The second-order valence-electron chi connectivity index (χ2n) is 6.20. The highest BCUT2D eigenvalue weighted by Crippen LogP contribution is 2.38. The molecule has 0 bridgehead atoms. The van der Waals surface area contributed by atoms with Crippen molar-refractivity contribution in [2.45, 2.75) is 32.3 Å². The number of guanidine groups is 1. The maximum atomic E-state index is 6.43. The molecule has 2 aliphatic rings. The number of nitrogens with one attached hydrogen (secondary N) is 1. The predicted molar refractivity (Wildman–Crippen MR) is 91.4 cm³/mol. The zero-order chi connectivity index (χ0) is 16.4. The summed E-state index contributed by atoms with van der Waals surface area (Å²) in [6.07, 6.45) is 1.98. The Hall–Kier alpha value is -1.47. The number of hydrogen-bond donors (Lipinski definition) is 1. The van der Waals surface area contributed by atoms with Gasteiger partial charge in [-0.3, -0.25) is 0 Å². The van der Waals surface area contributed by atoms with Gasteiger partial charge in [0.05, 0.1) is 6.61 Å². The van der Waals surface area contributed by atoms with E-state index in [-0.39, 0.29) is 5.60 Å². The topological polar surface area (TPSA) is 65.2 Å². The van der Waals surface area contributed by atoms with Crippen molar-refractivity contribution in [3.63, 3.8) is 0 Å². The van der Waals surface area contributed by atoms with Crippen molar-refractivity contribution in [3.8, 4) is 11.5 Å². The van der Waals surface area contributed by atoms with Gasteiger partial charge < -0.3 is 14.3 Å². The number of rotatable bonds is 5. The molecular formula is C16H22BrN3O3. The lowest BCUT2D eigenvalue weighted by Crippen LogP contribution is -2.48. The molecule has 1 aromatic rings. The molecule has 1 unspecified atom stereocenters. The minimum atomic E-state index is -0.321. The predicted octanol–water partition coefficient (Wildman–Crippen LogP) is 3.13. The number of benzene rings is 1. The average Bonchev–Trinajstić information content (AvgIpc) is 3.35. The Morgan fingerprint density at radius 1 is 1.39 bits per heavy atom. The van der Waals surface area contributed by atoms with Crippen LogP contribution in [0.1, 0.15) is 26.7 Å². The third-order valence-electron chi connectivity index (χ3n) is 4.25. The maximum Gasteiger partial charge on any atom is 0.270 e. The molecule has 0 radical (unpaired) electrons. The van der Waals surface area contributed by atoms with E-state index in [9.17, 15) is 0 Å². The first-order chi connectivity index (χ1) is 11.0. The number of hydrogen-bond acceptors (Lipinski definition) is 6. The molecule has 1 saturated heterocycles. The molecule has 1 atom stereocenters. The lowest BCUT2D eigenvalue weighted by molar-refractivity contribution is -0.0965. The van der Waals surface area contributed by atoms with E-state index in [2.05, 4.69) is 40.3 Å². The first kappa shape index (κ1) is 16.4. The molecule has 0 amide bonds. The van der Waals surface area contributed by atoms with Crippen molar-refractivity contribution in [1.82, 2.24) is 10.5 Å². The van der Waals surface area contributed by atoms with E-state index in [4.69, 9.17) is 14.3 Å². The monoisotopic (exact) mass is 383 g/mol. The number of halogens is 1. The second-order valence-corrected chi connectivity index (χ2v) is 7.12. The zero-order valence-electron chi connectivity index (χ0n) is 13.6. The van der Waals surface area contributed by atoms with Crippen molar-refractivity contribution in [2.24, 2.45) is 11.0 Å². The van der Waals surface area contributed by atoms with Crippen molar-refractivity contribution in [2.75, 3.05) is 20.3 Å². The van der Waals surface area contributed by atoms with E-state index in [1.54, 1.807) is 12.1 Å². The van der Waals surface area contributed by atoms with Gasteiger partial charge in [0.2, 0.25) is 0 Å². The standard InChI is InChI=1S/C16H22BrN3O3/c1-11(2)16(7-4-8-21-10-16)22-13-6-5-12(17)9-14(13)23-20(3)15-18-19-15/h5-6,9,11H,4,7-8,10H2,1-3H3,(H,18,19). The average molecular weight is 384 g/mol. The fraction of sp³-hybridized carbons (Fsp3) is 0.562. The molecule has 2 aliphatic heterocycles. The van der Waals surface area contributed by atoms with E-state index in [0.29, 0.717) is 30.0 Å². The van der Waals surface area contributed by atoms with Gasteiger partial charge in [0, 0.05) is 24.2 Å². The van der Waals surface area contributed by atoms with Gasteiger partial charge >= 0.3 is 0 Å². The number of ether oxygens (including phenoxy) is 2. The number of hydrazone groups is 1. The molecule has 0 saturated carbocycles. The van der Waals surface area contributed by atoms with E-state index in [0.717, 1.165) is 23.9 Å². The van der Waals surface area contributed by atoms with Crippen LogP contribution in [0.2, 0.25) is 0 Å². The molecule has 126 valence electrons. The number of hydroxylamine groups is 2. The Labute approximate surface area is 144 Å². The molecule has 1 N–H and O–H groups in total. The third kappa shape index (κ3) is 3.72. The van der Waals surface area contributed by atoms with Crippen molar-refractivity contribution in [1.29, 1.82) is 0 Å². The van der Waals surface area contributed by atoms with Crippen LogP contribution in [0.3, 0.4) is 0 Å². The SMILES string of the molecule is CC(C)C1(Oc2ccc(Br)cc2ON(C)C2=NN2)CCCOC1. The minimum absolute atomic E-state index is 0.321. The van der Waals surface area contributed by atoms with Crippen LogP contribution in [-0.2, 0) is 4.74 Å². The summed E-state index contributed by atoms with van der Waals surface area (Å²) < 4.78 is 13.1. The lowest BCUT2D eigenvalue weighted by Gasteiger charge is -2.41. The first-order valence-corrected chi connectivity index (χ1v) is 8.61. The highest BCUT2D eigenvalue weighted by molar-refractivity contribution is 9.10. The molecule has 1 fully saturated rings. The smallest absolute Gasteiger partial charge is 0.270 e. The molecular weight excluding hydrogens is 362 g/mol. The van der Waals surface area contributed by atoms with E-state index in [1.807, 2.05) is 18.2 Å². The van der Waals surface area contributed by atoms with Crippen LogP contribution in [0.25, 0.3) is 0 Å². The van der Waals surface area contributed by atoms with Crippen LogP contribution in [0.5, 0.6) is 11.5 Å². The van der Waals surface area contributed by atoms with Crippen LogP contribution < -0.4 is 15.0 Å². The number of nitrogens with zero attached hydrogens (tertiary/aromatic N) is 2. The summed E-state index contributed by atoms with van der Waals surface area (Å²) in [6.45, 7) is 5.74. The molecule has 1 aromatic carbocycles. The Bertz CT molecular complexity index is 600. The van der Waals surface area contributed by atoms with E-state index in [1.165, 1.54) is 0 Å². The van der Waals surface area contributed by atoms with Crippen LogP contribution in [-0.4, -0.2) is 36.9 Å². The van der Waals surface area contributed by atoms with Gasteiger partial charge in [0.15, 0.2) is 11.5 Å². The van der Waals surface area contributed by atoms with Gasteiger partial charge in [-0.15, -0.1) is 5.10 Å². The maximum absolute atomic E-state index is 6.43. The van der Waals surface area contributed by atoms with Gasteiger partial charge in [-0.05, 0) is 30.9 Å². The molecule has 3 rings (SSSR count). The quantitative estimate of drug-likeness (QED) is 0.791. The molecule has 23 heavy (non-hydrogen) atoms. The normalized spacial score (nSPS) is 23.1. The zero-order valence-corrected chi connectivity index (χ0v) is 15.2. The Morgan fingerprint density at radius 2 is 2.17 bits per heavy atom. The summed E-state index contributed by atoms with van der Waals surface area (Å²) in [7, 11) is 1.80. The van der Waals surface area contributed by atoms with Gasteiger partial charge in [-0.2, -0.15) is 5.06 Å². The van der Waals surface area contributed by atoms with Crippen LogP contribution in [0.15, 0.2) is 27.8 Å². The van der Waals surface area contributed by atoms with Crippen molar-refractivity contribution >= 4 is 21.9 Å². The fourth-order valence-electron chi connectivity index (χ4n) is 2.66. The van der Waals surface area contributed by atoms with Gasteiger partial charge in [0.25, 0.3) is 5.96 Å².